The van der Waals surface area contributed by atoms with Crippen LogP contribution in [0.2, 0.25) is 5.02 Å². The lowest BCUT2D eigenvalue weighted by Gasteiger charge is -2.24. The van der Waals surface area contributed by atoms with Gasteiger partial charge in [0.25, 0.3) is 5.91 Å². The minimum absolute atomic E-state index is 0.0688. The molecule has 0 bridgehead atoms. The van der Waals surface area contributed by atoms with Gasteiger partial charge in [-0.3, -0.25) is 14.7 Å². The van der Waals surface area contributed by atoms with Gasteiger partial charge in [0, 0.05) is 22.2 Å². The van der Waals surface area contributed by atoms with Gasteiger partial charge in [0.15, 0.2) is 0 Å². The van der Waals surface area contributed by atoms with Crippen LogP contribution in [0.1, 0.15) is 23.6 Å². The van der Waals surface area contributed by atoms with Crippen molar-refractivity contribution in [3.05, 3.63) is 76.4 Å². The summed E-state index contributed by atoms with van der Waals surface area (Å²) in [5.41, 5.74) is 1.98. The number of halogens is 1. The Labute approximate surface area is 162 Å². The van der Waals surface area contributed by atoms with E-state index in [2.05, 4.69) is 10.3 Å². The van der Waals surface area contributed by atoms with Crippen molar-refractivity contribution in [2.75, 3.05) is 0 Å². The SMILES string of the molecule is Cc1ccccc1C1(C)NC(=O)N(Cc2c(Cl)ccc3cccnc23)C1=O. The first kappa shape index (κ1) is 17.5. The van der Waals surface area contributed by atoms with E-state index in [1.54, 1.807) is 19.2 Å². The van der Waals surface area contributed by atoms with E-state index < -0.39 is 11.6 Å². The molecule has 1 unspecified atom stereocenters. The normalized spacial score (nSPS) is 19.6. The van der Waals surface area contributed by atoms with Crippen molar-refractivity contribution < 1.29 is 9.59 Å². The van der Waals surface area contributed by atoms with Crippen molar-refractivity contribution >= 4 is 34.4 Å². The molecule has 1 N–H and O–H groups in total. The molecule has 0 aliphatic carbocycles. The third-order valence-corrected chi connectivity index (χ3v) is 5.45. The maximum Gasteiger partial charge on any atom is 0.325 e. The van der Waals surface area contributed by atoms with Gasteiger partial charge in [0.2, 0.25) is 0 Å². The highest BCUT2D eigenvalue weighted by atomic mass is 35.5. The second kappa shape index (κ2) is 6.35. The molecule has 2 aromatic carbocycles. The third-order valence-electron chi connectivity index (χ3n) is 5.10. The molecular weight excluding hydrogens is 362 g/mol. The molecule has 0 saturated carbocycles. The van der Waals surface area contributed by atoms with Crippen LogP contribution in [0.25, 0.3) is 10.9 Å². The molecule has 1 aliphatic rings. The number of fused-ring (bicyclic) bond motifs is 1. The van der Waals surface area contributed by atoms with E-state index in [4.69, 9.17) is 11.6 Å². The van der Waals surface area contributed by atoms with Crippen molar-refractivity contribution in [2.24, 2.45) is 0 Å². The molecule has 3 aromatic rings. The van der Waals surface area contributed by atoms with Crippen molar-refractivity contribution in [1.82, 2.24) is 15.2 Å². The molecule has 1 aliphatic heterocycles. The fourth-order valence-corrected chi connectivity index (χ4v) is 3.86. The van der Waals surface area contributed by atoms with Gasteiger partial charge in [-0.15, -0.1) is 0 Å². The van der Waals surface area contributed by atoms with Crippen LogP contribution >= 0.6 is 11.6 Å². The number of imide groups is 1. The number of urea groups is 1. The Hall–Kier alpha value is -2.92. The first-order valence-corrected chi connectivity index (χ1v) is 9.02. The third kappa shape index (κ3) is 2.75. The number of aryl methyl sites for hydroxylation is 1. The van der Waals surface area contributed by atoms with Gasteiger partial charge in [0.05, 0.1) is 12.1 Å². The summed E-state index contributed by atoms with van der Waals surface area (Å²) in [4.78, 5) is 31.5. The lowest BCUT2D eigenvalue weighted by atomic mass is 9.88. The molecule has 5 nitrogen and oxygen atoms in total. The Balaban J connectivity index is 1.75. The standard InChI is InChI=1S/C21H18ClN3O2/c1-13-6-3-4-8-16(13)21(2)19(26)25(20(27)24-21)12-15-17(22)10-9-14-7-5-11-23-18(14)15/h3-11H,12H2,1-2H3,(H,24,27). The molecule has 1 fully saturated rings. The summed E-state index contributed by atoms with van der Waals surface area (Å²) >= 11 is 6.38. The van der Waals surface area contributed by atoms with E-state index in [1.807, 2.05) is 49.4 Å². The average Bonchev–Trinajstić information content (AvgIpc) is 2.88. The summed E-state index contributed by atoms with van der Waals surface area (Å²) < 4.78 is 0. The van der Waals surface area contributed by atoms with Crippen LogP contribution < -0.4 is 5.32 Å². The predicted octanol–water partition coefficient (Wildman–Crippen LogP) is 4.16. The van der Waals surface area contributed by atoms with Gasteiger partial charge in [-0.1, -0.05) is 48.0 Å². The van der Waals surface area contributed by atoms with Crippen LogP contribution in [0.15, 0.2) is 54.7 Å². The van der Waals surface area contributed by atoms with Gasteiger partial charge < -0.3 is 5.32 Å². The lowest BCUT2D eigenvalue weighted by Crippen LogP contribution is -2.41. The van der Waals surface area contributed by atoms with E-state index in [-0.39, 0.29) is 12.5 Å². The van der Waals surface area contributed by atoms with Crippen LogP contribution in [0.4, 0.5) is 4.79 Å². The number of nitrogens with zero attached hydrogens (tertiary/aromatic N) is 2. The first-order chi connectivity index (χ1) is 12.9. The Kier molecular flexibility index (Phi) is 4.12. The monoisotopic (exact) mass is 379 g/mol. The number of carbonyl (C=O) groups is 2. The summed E-state index contributed by atoms with van der Waals surface area (Å²) in [5.74, 6) is -0.300. The molecule has 3 amide bonds. The zero-order valence-corrected chi connectivity index (χ0v) is 15.7. The number of carbonyl (C=O) groups excluding carboxylic acids is 2. The molecule has 1 atom stereocenters. The minimum atomic E-state index is -1.10. The molecular formula is C21H18ClN3O2. The quantitative estimate of drug-likeness (QED) is 0.695. The number of hydrogen-bond donors (Lipinski definition) is 1. The maximum atomic E-state index is 13.2. The Bertz CT molecular complexity index is 1080. The minimum Gasteiger partial charge on any atom is -0.319 e. The van der Waals surface area contributed by atoms with Gasteiger partial charge in [-0.25, -0.2) is 4.79 Å². The topological polar surface area (TPSA) is 62.3 Å². The smallest absolute Gasteiger partial charge is 0.319 e. The molecule has 1 aromatic heterocycles. The Morgan fingerprint density at radius 1 is 1.11 bits per heavy atom. The summed E-state index contributed by atoms with van der Waals surface area (Å²) in [5, 5.41) is 4.24. The van der Waals surface area contributed by atoms with Crippen molar-refractivity contribution in [2.45, 2.75) is 25.9 Å². The van der Waals surface area contributed by atoms with Gasteiger partial charge >= 0.3 is 6.03 Å². The van der Waals surface area contributed by atoms with Crippen LogP contribution in [0, 0.1) is 6.92 Å². The van der Waals surface area contributed by atoms with Crippen molar-refractivity contribution in [1.29, 1.82) is 0 Å². The summed E-state index contributed by atoms with van der Waals surface area (Å²) in [7, 11) is 0. The summed E-state index contributed by atoms with van der Waals surface area (Å²) in [6, 6.07) is 14.5. The second-order valence-corrected chi connectivity index (χ2v) is 7.27. The van der Waals surface area contributed by atoms with Crippen LogP contribution in [-0.4, -0.2) is 21.8 Å². The molecule has 4 rings (SSSR count). The number of hydrogen-bond acceptors (Lipinski definition) is 3. The van der Waals surface area contributed by atoms with E-state index in [1.165, 1.54) is 4.90 Å². The summed E-state index contributed by atoms with van der Waals surface area (Å²) in [6.45, 7) is 3.73. The van der Waals surface area contributed by atoms with E-state index in [0.29, 0.717) is 16.1 Å². The molecule has 27 heavy (non-hydrogen) atoms. The molecule has 6 heteroatoms. The number of nitrogens with one attached hydrogen (secondary N) is 1. The zero-order valence-electron chi connectivity index (χ0n) is 15.0. The number of pyridine rings is 1. The molecule has 1 saturated heterocycles. The van der Waals surface area contributed by atoms with Crippen molar-refractivity contribution in [3.63, 3.8) is 0 Å². The first-order valence-electron chi connectivity index (χ1n) is 8.64. The van der Waals surface area contributed by atoms with Gasteiger partial charge in [-0.2, -0.15) is 0 Å². The summed E-state index contributed by atoms with van der Waals surface area (Å²) in [6.07, 6.45) is 1.67. The van der Waals surface area contributed by atoms with Crippen LogP contribution in [0.5, 0.6) is 0 Å². The van der Waals surface area contributed by atoms with E-state index in [0.717, 1.165) is 16.5 Å². The number of benzene rings is 2. The number of aromatic nitrogens is 1. The zero-order chi connectivity index (χ0) is 19.2. The van der Waals surface area contributed by atoms with Gasteiger partial charge in [-0.05, 0) is 37.1 Å². The van der Waals surface area contributed by atoms with E-state index in [9.17, 15) is 9.59 Å². The van der Waals surface area contributed by atoms with E-state index >= 15 is 0 Å². The van der Waals surface area contributed by atoms with Crippen LogP contribution in [0.3, 0.4) is 0 Å². The molecule has 0 spiro atoms. The molecule has 136 valence electrons. The van der Waals surface area contributed by atoms with Crippen molar-refractivity contribution in [3.8, 4) is 0 Å². The Morgan fingerprint density at radius 3 is 2.67 bits per heavy atom. The predicted molar refractivity (Wildman–Crippen MR) is 104 cm³/mol. The molecule has 2 heterocycles. The number of rotatable bonds is 3. The fourth-order valence-electron chi connectivity index (χ4n) is 3.65. The lowest BCUT2D eigenvalue weighted by molar-refractivity contribution is -0.131. The fraction of sp³-hybridized carbons (Fsp3) is 0.190. The highest BCUT2D eigenvalue weighted by Crippen LogP contribution is 2.33. The van der Waals surface area contributed by atoms with Crippen LogP contribution in [-0.2, 0) is 16.9 Å². The molecule has 0 radical (unpaired) electrons. The second-order valence-electron chi connectivity index (χ2n) is 6.86. The highest BCUT2D eigenvalue weighted by Gasteiger charge is 2.49. The number of amides is 3. The maximum absolute atomic E-state index is 13.2. The largest absolute Gasteiger partial charge is 0.325 e. The highest BCUT2D eigenvalue weighted by molar-refractivity contribution is 6.32. The average molecular weight is 380 g/mol. The Morgan fingerprint density at radius 2 is 1.89 bits per heavy atom. The van der Waals surface area contributed by atoms with Gasteiger partial charge in [0.1, 0.15) is 5.54 Å².